The van der Waals surface area contributed by atoms with Gasteiger partial charge in [-0.3, -0.25) is 10.1 Å². The monoisotopic (exact) mass is 355 g/mol. The minimum atomic E-state index is -0.316. The highest BCUT2D eigenvalue weighted by Gasteiger charge is 2.15. The van der Waals surface area contributed by atoms with Gasteiger partial charge in [-0.05, 0) is 18.2 Å². The second-order valence-electron chi connectivity index (χ2n) is 5.30. The topological polar surface area (TPSA) is 87.4 Å². The molecule has 0 saturated carbocycles. The lowest BCUT2D eigenvalue weighted by Crippen LogP contribution is -2.25. The number of carbonyl (C=O) groups is 1. The number of amides is 1. The van der Waals surface area contributed by atoms with Gasteiger partial charge in [0.1, 0.15) is 13.2 Å². The van der Waals surface area contributed by atoms with Crippen LogP contribution in [0.15, 0.2) is 48.1 Å². The SMILES string of the molecule is O=C(Nc1nc(-c2ccc3c(c2)OCCO3)cs1)c1cc[n+]([O-])cc1. The molecular formula is C17H13N3O4S. The highest BCUT2D eigenvalue weighted by molar-refractivity contribution is 7.14. The minimum Gasteiger partial charge on any atom is -0.619 e. The van der Waals surface area contributed by atoms with Crippen LogP contribution in [0.1, 0.15) is 10.4 Å². The van der Waals surface area contributed by atoms with Crippen molar-refractivity contribution in [3.63, 3.8) is 0 Å². The van der Waals surface area contributed by atoms with E-state index in [1.807, 2.05) is 23.6 Å². The third-order valence-corrected chi connectivity index (χ3v) is 4.38. The van der Waals surface area contributed by atoms with Crippen molar-refractivity contribution >= 4 is 22.4 Å². The van der Waals surface area contributed by atoms with Gasteiger partial charge in [0.05, 0.1) is 11.3 Å². The Morgan fingerprint density at radius 2 is 1.92 bits per heavy atom. The first-order chi connectivity index (χ1) is 12.2. The molecule has 0 atom stereocenters. The minimum absolute atomic E-state index is 0.316. The van der Waals surface area contributed by atoms with Crippen LogP contribution in [0, 0.1) is 5.21 Å². The number of thiazole rings is 1. The van der Waals surface area contributed by atoms with Crippen molar-refractivity contribution < 1.29 is 19.0 Å². The maximum Gasteiger partial charge on any atom is 0.257 e. The normalized spacial score (nSPS) is 12.6. The maximum absolute atomic E-state index is 12.2. The number of ether oxygens (including phenoxy) is 2. The van der Waals surface area contributed by atoms with E-state index >= 15 is 0 Å². The summed E-state index contributed by atoms with van der Waals surface area (Å²) in [5.74, 6) is 1.10. The Bertz CT molecular complexity index is 924. The Hall–Kier alpha value is -3.13. The Morgan fingerprint density at radius 1 is 1.16 bits per heavy atom. The number of fused-ring (bicyclic) bond motifs is 1. The number of nitrogens with one attached hydrogen (secondary N) is 1. The number of aromatic nitrogens is 2. The Balaban J connectivity index is 1.52. The predicted molar refractivity (Wildman–Crippen MR) is 91.9 cm³/mol. The molecule has 0 radical (unpaired) electrons. The van der Waals surface area contributed by atoms with Gasteiger partial charge in [-0.1, -0.05) is 0 Å². The van der Waals surface area contributed by atoms with Crippen LogP contribution in [-0.2, 0) is 0 Å². The quantitative estimate of drug-likeness (QED) is 0.576. The Labute approximate surface area is 147 Å². The third-order valence-electron chi connectivity index (χ3n) is 3.63. The fraction of sp³-hybridized carbons (Fsp3) is 0.118. The van der Waals surface area contributed by atoms with Crippen LogP contribution in [0.2, 0.25) is 0 Å². The van der Waals surface area contributed by atoms with Gasteiger partial charge >= 0.3 is 0 Å². The first kappa shape index (κ1) is 15.4. The molecule has 4 rings (SSSR count). The van der Waals surface area contributed by atoms with E-state index in [2.05, 4.69) is 10.3 Å². The number of hydrogen-bond donors (Lipinski definition) is 1. The van der Waals surface area contributed by atoms with Crippen LogP contribution in [-0.4, -0.2) is 24.1 Å². The van der Waals surface area contributed by atoms with Crippen molar-refractivity contribution in [3.05, 3.63) is 58.9 Å². The standard InChI is InChI=1S/C17H13N3O4S/c21-16(11-3-5-20(22)6-4-11)19-17-18-13(10-25-17)12-1-2-14-15(9-12)24-8-7-23-14/h1-6,9-10H,7-8H2,(H,18,19,21). The summed E-state index contributed by atoms with van der Waals surface area (Å²) in [5.41, 5.74) is 2.01. The fourth-order valence-corrected chi connectivity index (χ4v) is 3.11. The number of nitrogens with zero attached hydrogens (tertiary/aromatic N) is 2. The van der Waals surface area contributed by atoms with Crippen molar-refractivity contribution in [2.75, 3.05) is 18.5 Å². The molecule has 3 heterocycles. The summed E-state index contributed by atoms with van der Waals surface area (Å²) in [4.78, 5) is 16.6. The van der Waals surface area contributed by atoms with E-state index in [0.29, 0.717) is 34.4 Å². The van der Waals surface area contributed by atoms with Gasteiger partial charge in [0.2, 0.25) is 0 Å². The maximum atomic E-state index is 12.2. The van der Waals surface area contributed by atoms with Gasteiger partial charge in [-0.2, -0.15) is 4.73 Å². The molecule has 0 fully saturated rings. The molecule has 1 amide bonds. The third kappa shape index (κ3) is 3.24. The number of pyridine rings is 1. The van der Waals surface area contributed by atoms with Gasteiger partial charge in [-0.25, -0.2) is 4.98 Å². The fourth-order valence-electron chi connectivity index (χ4n) is 2.40. The molecule has 1 aliphatic rings. The summed E-state index contributed by atoms with van der Waals surface area (Å²) in [6.45, 7) is 1.07. The molecule has 0 bridgehead atoms. The Morgan fingerprint density at radius 3 is 2.72 bits per heavy atom. The zero-order chi connectivity index (χ0) is 17.2. The second kappa shape index (κ2) is 6.40. The van der Waals surface area contributed by atoms with Gasteiger partial charge in [-0.15, -0.1) is 11.3 Å². The molecule has 0 saturated heterocycles. The average molecular weight is 355 g/mol. The van der Waals surface area contributed by atoms with Gasteiger partial charge in [0.25, 0.3) is 5.91 Å². The molecular weight excluding hydrogens is 342 g/mol. The van der Waals surface area contributed by atoms with Crippen molar-refractivity contribution in [2.24, 2.45) is 0 Å². The smallest absolute Gasteiger partial charge is 0.257 e. The molecule has 7 nitrogen and oxygen atoms in total. The number of carbonyl (C=O) groups excluding carboxylic acids is 1. The lowest BCUT2D eigenvalue weighted by Gasteiger charge is -2.18. The van der Waals surface area contributed by atoms with Crippen LogP contribution in [0.5, 0.6) is 11.5 Å². The highest BCUT2D eigenvalue weighted by Crippen LogP contribution is 2.35. The van der Waals surface area contributed by atoms with Crippen LogP contribution in [0.25, 0.3) is 11.3 Å². The molecule has 8 heteroatoms. The summed E-state index contributed by atoms with van der Waals surface area (Å²) in [7, 11) is 0. The van der Waals surface area contributed by atoms with Gasteiger partial charge in [0, 0.05) is 23.1 Å². The second-order valence-corrected chi connectivity index (χ2v) is 6.16. The zero-order valence-electron chi connectivity index (χ0n) is 13.0. The van der Waals surface area contributed by atoms with Crippen molar-refractivity contribution in [1.82, 2.24) is 4.98 Å². The molecule has 1 N–H and O–H groups in total. The number of rotatable bonds is 3. The number of hydrogen-bond acceptors (Lipinski definition) is 6. The molecule has 0 aliphatic carbocycles. The lowest BCUT2D eigenvalue weighted by atomic mass is 10.1. The first-order valence-corrected chi connectivity index (χ1v) is 8.43. The molecule has 2 aromatic heterocycles. The van der Waals surface area contributed by atoms with Crippen LogP contribution in [0.4, 0.5) is 5.13 Å². The molecule has 0 spiro atoms. The predicted octanol–water partition coefficient (Wildman–Crippen LogP) is 2.47. The lowest BCUT2D eigenvalue weighted by molar-refractivity contribution is -0.605. The van der Waals surface area contributed by atoms with E-state index in [9.17, 15) is 10.0 Å². The van der Waals surface area contributed by atoms with E-state index in [1.54, 1.807) is 0 Å². The Kier molecular flexibility index (Phi) is 3.95. The zero-order valence-corrected chi connectivity index (χ0v) is 13.8. The average Bonchev–Trinajstić information content (AvgIpc) is 3.10. The first-order valence-electron chi connectivity index (χ1n) is 7.55. The molecule has 1 aliphatic heterocycles. The summed E-state index contributed by atoms with van der Waals surface area (Å²) >= 11 is 1.33. The molecule has 3 aromatic rings. The van der Waals surface area contributed by atoms with Crippen LogP contribution in [0.3, 0.4) is 0 Å². The van der Waals surface area contributed by atoms with Crippen LogP contribution >= 0.6 is 11.3 Å². The van der Waals surface area contributed by atoms with Crippen LogP contribution < -0.4 is 19.5 Å². The largest absolute Gasteiger partial charge is 0.619 e. The number of benzene rings is 1. The summed E-state index contributed by atoms with van der Waals surface area (Å²) < 4.78 is 11.7. The molecule has 1 aromatic carbocycles. The van der Waals surface area contributed by atoms with E-state index in [4.69, 9.17) is 9.47 Å². The molecule has 126 valence electrons. The van der Waals surface area contributed by atoms with E-state index in [0.717, 1.165) is 17.0 Å². The summed E-state index contributed by atoms with van der Waals surface area (Å²) in [5, 5.41) is 16.1. The summed E-state index contributed by atoms with van der Waals surface area (Å²) in [6, 6.07) is 8.54. The van der Waals surface area contributed by atoms with Crippen molar-refractivity contribution in [1.29, 1.82) is 0 Å². The van der Waals surface area contributed by atoms with E-state index < -0.39 is 0 Å². The van der Waals surface area contributed by atoms with Gasteiger partial charge in [0.15, 0.2) is 29.0 Å². The van der Waals surface area contributed by atoms with E-state index in [1.165, 1.54) is 35.9 Å². The van der Waals surface area contributed by atoms with Crippen molar-refractivity contribution in [3.8, 4) is 22.8 Å². The summed E-state index contributed by atoms with van der Waals surface area (Å²) in [6.07, 6.45) is 2.55. The van der Waals surface area contributed by atoms with E-state index in [-0.39, 0.29) is 5.91 Å². The van der Waals surface area contributed by atoms with Gasteiger partial charge < -0.3 is 14.7 Å². The highest BCUT2D eigenvalue weighted by atomic mass is 32.1. The molecule has 0 unspecified atom stereocenters. The van der Waals surface area contributed by atoms with Crippen molar-refractivity contribution in [2.45, 2.75) is 0 Å². The molecule has 25 heavy (non-hydrogen) atoms. The number of anilines is 1.